The molecule has 116 valence electrons. The minimum absolute atomic E-state index is 0.359. The number of rotatable bonds is 2. The number of halogens is 1. The molecule has 2 fully saturated rings. The Hall–Kier alpha value is -2.73. The van der Waals surface area contributed by atoms with Crippen LogP contribution in [-0.2, 0) is 14.4 Å². The van der Waals surface area contributed by atoms with Gasteiger partial charge in [0.2, 0.25) is 5.91 Å². The molecule has 2 saturated heterocycles. The van der Waals surface area contributed by atoms with E-state index in [1.54, 1.807) is 17.2 Å². The van der Waals surface area contributed by atoms with E-state index < -0.39 is 24.0 Å². The van der Waals surface area contributed by atoms with Gasteiger partial charge in [-0.15, -0.1) is 0 Å². The molecule has 2 amide bonds. The van der Waals surface area contributed by atoms with Crippen molar-refractivity contribution < 1.29 is 18.8 Å². The molecule has 3 atom stereocenters. The van der Waals surface area contributed by atoms with Crippen LogP contribution in [0.5, 0.6) is 0 Å². The third-order valence-electron chi connectivity index (χ3n) is 4.18. The highest BCUT2D eigenvalue weighted by Crippen LogP contribution is 2.44. The smallest absolute Gasteiger partial charge is 0.259 e. The van der Waals surface area contributed by atoms with Crippen LogP contribution in [0.15, 0.2) is 54.6 Å². The Morgan fingerprint density at radius 1 is 0.957 bits per heavy atom. The molecule has 1 N–H and O–H groups in total. The third-order valence-corrected chi connectivity index (χ3v) is 4.18. The van der Waals surface area contributed by atoms with Crippen LogP contribution in [0.1, 0.15) is 11.6 Å². The lowest BCUT2D eigenvalue weighted by atomic mass is 9.90. The maximum atomic E-state index is 13.2. The number of benzene rings is 2. The Morgan fingerprint density at radius 3 is 2.35 bits per heavy atom. The van der Waals surface area contributed by atoms with Gasteiger partial charge >= 0.3 is 0 Å². The predicted molar refractivity (Wildman–Crippen MR) is 79.6 cm³/mol. The SMILES string of the molecule is O=C1NC(=O)[C@@H]2ON(c3ccccc3)[C@@H](c3ccc(F)cc3)[C@@H]12. The number of anilines is 1. The molecule has 0 aliphatic carbocycles. The molecule has 2 aliphatic rings. The summed E-state index contributed by atoms with van der Waals surface area (Å²) in [6, 6.07) is 14.6. The Morgan fingerprint density at radius 2 is 1.65 bits per heavy atom. The van der Waals surface area contributed by atoms with Crippen LogP contribution in [-0.4, -0.2) is 17.9 Å². The Labute approximate surface area is 131 Å². The van der Waals surface area contributed by atoms with Crippen molar-refractivity contribution in [2.45, 2.75) is 12.1 Å². The van der Waals surface area contributed by atoms with Crippen LogP contribution in [0.2, 0.25) is 0 Å². The van der Waals surface area contributed by atoms with Crippen LogP contribution in [0.25, 0.3) is 0 Å². The van der Waals surface area contributed by atoms with Gasteiger partial charge in [-0.2, -0.15) is 0 Å². The Balaban J connectivity index is 1.80. The minimum Gasteiger partial charge on any atom is -0.294 e. The van der Waals surface area contributed by atoms with Gasteiger partial charge in [0.15, 0.2) is 6.10 Å². The number of hydrogen-bond acceptors (Lipinski definition) is 4. The molecule has 0 radical (unpaired) electrons. The maximum absolute atomic E-state index is 13.2. The lowest BCUT2D eigenvalue weighted by Gasteiger charge is -2.27. The zero-order valence-corrected chi connectivity index (χ0v) is 12.0. The van der Waals surface area contributed by atoms with Crippen molar-refractivity contribution >= 4 is 17.5 Å². The number of hydrogen-bond donors (Lipinski definition) is 1. The van der Waals surface area contributed by atoms with Gasteiger partial charge in [0.1, 0.15) is 11.7 Å². The maximum Gasteiger partial charge on any atom is 0.259 e. The minimum atomic E-state index is -0.863. The van der Waals surface area contributed by atoms with Crippen molar-refractivity contribution in [3.05, 3.63) is 66.0 Å². The monoisotopic (exact) mass is 312 g/mol. The molecule has 0 spiro atoms. The predicted octanol–water partition coefficient (Wildman–Crippen LogP) is 1.96. The molecule has 0 unspecified atom stereocenters. The topological polar surface area (TPSA) is 58.6 Å². The molecule has 0 bridgehead atoms. The number of nitrogens with one attached hydrogen (secondary N) is 1. The van der Waals surface area contributed by atoms with Crippen molar-refractivity contribution in [2.24, 2.45) is 5.92 Å². The highest BCUT2D eigenvalue weighted by atomic mass is 19.1. The van der Waals surface area contributed by atoms with E-state index >= 15 is 0 Å². The van der Waals surface area contributed by atoms with E-state index in [-0.39, 0.29) is 11.7 Å². The highest BCUT2D eigenvalue weighted by Gasteiger charge is 2.56. The number of nitrogens with zero attached hydrogens (tertiary/aromatic N) is 1. The number of para-hydroxylation sites is 1. The molecular formula is C17H13FN2O3. The zero-order chi connectivity index (χ0) is 16.0. The van der Waals surface area contributed by atoms with E-state index in [9.17, 15) is 14.0 Å². The highest BCUT2D eigenvalue weighted by molar-refractivity contribution is 6.07. The van der Waals surface area contributed by atoms with Crippen molar-refractivity contribution in [1.82, 2.24) is 5.32 Å². The van der Waals surface area contributed by atoms with Gasteiger partial charge in [0, 0.05) is 0 Å². The summed E-state index contributed by atoms with van der Waals surface area (Å²) in [5.74, 6) is -1.83. The van der Waals surface area contributed by atoms with Gasteiger partial charge in [0.25, 0.3) is 5.91 Å². The molecule has 2 aliphatic heterocycles. The molecule has 2 aromatic carbocycles. The number of imide groups is 1. The number of carbonyl (C=O) groups excluding carboxylic acids is 2. The van der Waals surface area contributed by atoms with Gasteiger partial charge in [0.05, 0.1) is 11.7 Å². The quantitative estimate of drug-likeness (QED) is 0.861. The number of carbonyl (C=O) groups is 2. The first-order valence-corrected chi connectivity index (χ1v) is 7.26. The van der Waals surface area contributed by atoms with Gasteiger partial charge in [-0.3, -0.25) is 19.7 Å². The van der Waals surface area contributed by atoms with Crippen molar-refractivity contribution in [3.8, 4) is 0 Å². The van der Waals surface area contributed by atoms with Crippen LogP contribution in [0, 0.1) is 11.7 Å². The van der Waals surface area contributed by atoms with Gasteiger partial charge in [-0.1, -0.05) is 30.3 Å². The van der Waals surface area contributed by atoms with Crippen LogP contribution in [0.4, 0.5) is 10.1 Å². The molecule has 6 heteroatoms. The molecule has 0 aromatic heterocycles. The van der Waals surface area contributed by atoms with E-state index in [1.807, 2.05) is 30.3 Å². The van der Waals surface area contributed by atoms with Crippen LogP contribution >= 0.6 is 0 Å². The second-order valence-electron chi connectivity index (χ2n) is 5.56. The summed E-state index contributed by atoms with van der Waals surface area (Å²) in [6.07, 6.45) is -0.863. The molecule has 5 nitrogen and oxygen atoms in total. The third kappa shape index (κ3) is 2.19. The standard InChI is InChI=1S/C17H13FN2O3/c18-11-8-6-10(7-9-11)14-13-15(17(22)19-16(13)21)23-20(14)12-4-2-1-3-5-12/h1-9,13-15H,(H,19,21,22)/t13-,14+,15-/m1/s1. The Bertz CT molecular complexity index is 763. The lowest BCUT2D eigenvalue weighted by molar-refractivity contribution is -0.129. The number of fused-ring (bicyclic) bond motifs is 1. The fraction of sp³-hybridized carbons (Fsp3) is 0.176. The van der Waals surface area contributed by atoms with Gasteiger partial charge in [-0.25, -0.2) is 9.45 Å². The average molecular weight is 312 g/mol. The van der Waals surface area contributed by atoms with Crippen molar-refractivity contribution in [2.75, 3.05) is 5.06 Å². The number of hydroxylamine groups is 1. The summed E-state index contributed by atoms with van der Waals surface area (Å²) in [7, 11) is 0. The second kappa shape index (κ2) is 5.17. The van der Waals surface area contributed by atoms with Crippen molar-refractivity contribution in [3.63, 3.8) is 0 Å². The summed E-state index contributed by atoms with van der Waals surface area (Å²) in [4.78, 5) is 29.9. The van der Waals surface area contributed by atoms with E-state index in [1.165, 1.54) is 12.1 Å². The Kier molecular flexibility index (Phi) is 3.12. The normalized spacial score (nSPS) is 26.3. The van der Waals surface area contributed by atoms with Crippen LogP contribution in [0.3, 0.4) is 0 Å². The van der Waals surface area contributed by atoms with Crippen molar-refractivity contribution in [1.29, 1.82) is 0 Å². The fourth-order valence-corrected chi connectivity index (χ4v) is 3.13. The lowest BCUT2D eigenvalue weighted by Crippen LogP contribution is -2.33. The van der Waals surface area contributed by atoms with Gasteiger partial charge in [-0.05, 0) is 29.8 Å². The second-order valence-corrected chi connectivity index (χ2v) is 5.56. The van der Waals surface area contributed by atoms with Gasteiger partial charge < -0.3 is 0 Å². The van der Waals surface area contributed by atoms with E-state index in [0.717, 1.165) is 5.69 Å². The largest absolute Gasteiger partial charge is 0.294 e. The molecule has 0 saturated carbocycles. The molecule has 2 aromatic rings. The van der Waals surface area contributed by atoms with E-state index in [2.05, 4.69) is 5.32 Å². The first-order valence-electron chi connectivity index (χ1n) is 7.26. The van der Waals surface area contributed by atoms with E-state index in [0.29, 0.717) is 5.56 Å². The van der Waals surface area contributed by atoms with Crippen LogP contribution < -0.4 is 10.4 Å². The average Bonchev–Trinajstić information content (AvgIpc) is 3.08. The zero-order valence-electron chi connectivity index (χ0n) is 12.0. The summed E-state index contributed by atoms with van der Waals surface area (Å²) in [6.45, 7) is 0. The molecule has 4 rings (SSSR count). The molecule has 23 heavy (non-hydrogen) atoms. The summed E-state index contributed by atoms with van der Waals surface area (Å²) in [5, 5.41) is 3.87. The molecular weight excluding hydrogens is 299 g/mol. The summed E-state index contributed by atoms with van der Waals surface area (Å²) in [5.41, 5.74) is 1.45. The first-order chi connectivity index (χ1) is 11.1. The molecule has 2 heterocycles. The number of amides is 2. The van der Waals surface area contributed by atoms with E-state index in [4.69, 9.17) is 4.84 Å². The first kappa shape index (κ1) is 13.9. The summed E-state index contributed by atoms with van der Waals surface area (Å²) >= 11 is 0. The summed E-state index contributed by atoms with van der Waals surface area (Å²) < 4.78 is 13.2. The fourth-order valence-electron chi connectivity index (χ4n) is 3.13.